The summed E-state index contributed by atoms with van der Waals surface area (Å²) in [5.74, 6) is -0.119. The summed E-state index contributed by atoms with van der Waals surface area (Å²) in [6, 6.07) is 6.66. The van der Waals surface area contributed by atoms with Gasteiger partial charge in [0.1, 0.15) is 4.60 Å². The number of alkyl halides is 3. The molecule has 3 rings (SSSR count). The molecule has 0 bridgehead atoms. The molecule has 0 atom stereocenters. The van der Waals surface area contributed by atoms with Gasteiger partial charge in [-0.15, -0.1) is 0 Å². The number of nitrogens with one attached hydrogen (secondary N) is 1. The molecule has 1 aromatic carbocycles. The molecule has 1 amide bonds. The Morgan fingerprint density at radius 1 is 1.19 bits per heavy atom. The molecule has 140 valence electrons. The van der Waals surface area contributed by atoms with E-state index in [2.05, 4.69) is 47.1 Å². The Hall–Kier alpha value is -2.20. The van der Waals surface area contributed by atoms with Crippen molar-refractivity contribution in [1.82, 2.24) is 14.5 Å². The minimum Gasteiger partial charge on any atom is -0.331 e. The first kappa shape index (κ1) is 19.6. The van der Waals surface area contributed by atoms with E-state index in [4.69, 9.17) is 0 Å². The number of carbonyl (C=O) groups is 1. The second-order valence-corrected chi connectivity index (χ2v) is 7.19. The van der Waals surface area contributed by atoms with Gasteiger partial charge in [-0.05, 0) is 55.6 Å². The molecule has 5 nitrogen and oxygen atoms in total. The SMILES string of the molecule is O=C(Nc1cn(Cc2cccc(C(F)(F)F)c2)cn1)c1cnc(Br)c(Br)c1. The number of nitrogens with zero attached hydrogens (tertiary/aromatic N) is 3. The largest absolute Gasteiger partial charge is 0.416 e. The topological polar surface area (TPSA) is 59.8 Å². The highest BCUT2D eigenvalue weighted by molar-refractivity contribution is 9.13. The molecule has 10 heteroatoms. The molecule has 0 saturated heterocycles. The number of imidazole rings is 1. The van der Waals surface area contributed by atoms with Gasteiger partial charge in [-0.1, -0.05) is 12.1 Å². The van der Waals surface area contributed by atoms with Crippen molar-refractivity contribution in [3.05, 3.63) is 74.8 Å². The second-order valence-electron chi connectivity index (χ2n) is 5.58. The number of pyridine rings is 1. The Kier molecular flexibility index (Phi) is 5.66. The summed E-state index contributed by atoms with van der Waals surface area (Å²) < 4.78 is 41.2. The average molecular weight is 504 g/mol. The standard InChI is InChI=1S/C17H11Br2F3N4O/c18-13-5-11(6-23-15(13)19)16(27)25-14-8-26(9-24-14)7-10-2-1-3-12(4-10)17(20,21)22/h1-6,8-9H,7H2,(H,25,27). The predicted octanol–water partition coefficient (Wildman–Crippen LogP) is 5.12. The van der Waals surface area contributed by atoms with Gasteiger partial charge in [0.15, 0.2) is 5.82 Å². The number of hydrogen-bond donors (Lipinski definition) is 1. The first-order chi connectivity index (χ1) is 12.7. The molecule has 2 aromatic heterocycles. The normalized spacial score (nSPS) is 11.4. The van der Waals surface area contributed by atoms with Crippen LogP contribution in [0.3, 0.4) is 0 Å². The van der Waals surface area contributed by atoms with E-state index in [0.29, 0.717) is 20.2 Å². The van der Waals surface area contributed by atoms with Crippen LogP contribution in [0.4, 0.5) is 19.0 Å². The number of halogens is 5. The van der Waals surface area contributed by atoms with E-state index in [0.717, 1.165) is 12.1 Å². The number of benzene rings is 1. The van der Waals surface area contributed by atoms with Gasteiger partial charge < -0.3 is 9.88 Å². The number of rotatable bonds is 4. The Balaban J connectivity index is 1.70. The first-order valence-electron chi connectivity index (χ1n) is 7.52. The van der Waals surface area contributed by atoms with Crippen LogP contribution in [0.15, 0.2) is 58.1 Å². The fourth-order valence-corrected chi connectivity index (χ4v) is 2.87. The van der Waals surface area contributed by atoms with Crippen LogP contribution in [0.2, 0.25) is 0 Å². The highest BCUT2D eigenvalue weighted by Gasteiger charge is 2.30. The zero-order valence-corrected chi connectivity index (χ0v) is 16.6. The quantitative estimate of drug-likeness (QED) is 0.502. The molecule has 0 fully saturated rings. The van der Waals surface area contributed by atoms with Crippen LogP contribution < -0.4 is 5.32 Å². The monoisotopic (exact) mass is 502 g/mol. The van der Waals surface area contributed by atoms with Gasteiger partial charge in [-0.2, -0.15) is 13.2 Å². The zero-order chi connectivity index (χ0) is 19.6. The van der Waals surface area contributed by atoms with Crippen molar-refractivity contribution < 1.29 is 18.0 Å². The number of carbonyl (C=O) groups excluding carboxylic acids is 1. The van der Waals surface area contributed by atoms with E-state index in [1.54, 1.807) is 22.9 Å². The van der Waals surface area contributed by atoms with Crippen molar-refractivity contribution >= 4 is 43.6 Å². The van der Waals surface area contributed by atoms with Crippen molar-refractivity contribution in [2.24, 2.45) is 0 Å². The Labute approximate surface area is 168 Å². The fraction of sp³-hybridized carbons (Fsp3) is 0.118. The smallest absolute Gasteiger partial charge is 0.331 e. The first-order valence-corrected chi connectivity index (χ1v) is 9.11. The van der Waals surface area contributed by atoms with Gasteiger partial charge in [0, 0.05) is 18.9 Å². The summed E-state index contributed by atoms with van der Waals surface area (Å²) in [5.41, 5.74) is 0.0978. The highest BCUT2D eigenvalue weighted by atomic mass is 79.9. The molecule has 0 aliphatic heterocycles. The highest BCUT2D eigenvalue weighted by Crippen LogP contribution is 2.29. The summed E-state index contributed by atoms with van der Waals surface area (Å²) in [5, 5.41) is 2.62. The van der Waals surface area contributed by atoms with E-state index >= 15 is 0 Å². The number of aromatic nitrogens is 3. The van der Waals surface area contributed by atoms with Crippen LogP contribution in [0.25, 0.3) is 0 Å². The van der Waals surface area contributed by atoms with Crippen LogP contribution in [-0.2, 0) is 12.7 Å². The predicted molar refractivity (Wildman–Crippen MR) is 100 cm³/mol. The molecule has 2 heterocycles. The van der Waals surface area contributed by atoms with Gasteiger partial charge >= 0.3 is 6.18 Å². The third-order valence-corrected chi connectivity index (χ3v) is 5.32. The molecule has 0 spiro atoms. The van der Waals surface area contributed by atoms with E-state index in [1.807, 2.05) is 0 Å². The molecule has 0 aliphatic carbocycles. The van der Waals surface area contributed by atoms with Crippen LogP contribution in [0.1, 0.15) is 21.5 Å². The molecule has 0 radical (unpaired) electrons. The van der Waals surface area contributed by atoms with Crippen molar-refractivity contribution in [3.8, 4) is 0 Å². The van der Waals surface area contributed by atoms with Gasteiger partial charge in [-0.3, -0.25) is 4.79 Å². The summed E-state index contributed by atoms with van der Waals surface area (Å²) >= 11 is 6.49. The lowest BCUT2D eigenvalue weighted by Crippen LogP contribution is -2.12. The lowest BCUT2D eigenvalue weighted by atomic mass is 10.1. The van der Waals surface area contributed by atoms with Crippen LogP contribution >= 0.6 is 31.9 Å². The maximum atomic E-state index is 12.8. The summed E-state index contributed by atoms with van der Waals surface area (Å²) in [4.78, 5) is 20.3. The average Bonchev–Trinajstić information content (AvgIpc) is 3.03. The Morgan fingerprint density at radius 3 is 2.67 bits per heavy atom. The molecule has 27 heavy (non-hydrogen) atoms. The molecule has 3 aromatic rings. The van der Waals surface area contributed by atoms with Crippen LogP contribution in [0.5, 0.6) is 0 Å². The van der Waals surface area contributed by atoms with E-state index in [1.165, 1.54) is 18.6 Å². The second kappa shape index (κ2) is 7.81. The van der Waals surface area contributed by atoms with Crippen molar-refractivity contribution in [3.63, 3.8) is 0 Å². The van der Waals surface area contributed by atoms with Gasteiger partial charge in [-0.25, -0.2) is 9.97 Å². The summed E-state index contributed by atoms with van der Waals surface area (Å²) in [6.07, 6.45) is -0.00795. The minimum absolute atomic E-state index is 0.193. The van der Waals surface area contributed by atoms with Crippen molar-refractivity contribution in [2.75, 3.05) is 5.32 Å². The molecular formula is C17H11Br2F3N4O. The third-order valence-electron chi connectivity index (χ3n) is 3.55. The number of hydrogen-bond acceptors (Lipinski definition) is 3. The van der Waals surface area contributed by atoms with Gasteiger partial charge in [0.2, 0.25) is 0 Å². The number of anilines is 1. The molecule has 0 unspecified atom stereocenters. The maximum Gasteiger partial charge on any atom is 0.416 e. The lowest BCUT2D eigenvalue weighted by Gasteiger charge is -2.09. The van der Waals surface area contributed by atoms with Crippen LogP contribution in [-0.4, -0.2) is 20.4 Å². The van der Waals surface area contributed by atoms with Gasteiger partial charge in [0.05, 0.1) is 21.9 Å². The third kappa shape index (κ3) is 4.95. The number of amides is 1. The minimum atomic E-state index is -4.39. The Bertz CT molecular complexity index is 988. The van der Waals surface area contributed by atoms with E-state index in [9.17, 15) is 18.0 Å². The Morgan fingerprint density at radius 2 is 1.96 bits per heavy atom. The maximum absolute atomic E-state index is 12.8. The molecular weight excluding hydrogens is 493 g/mol. The lowest BCUT2D eigenvalue weighted by molar-refractivity contribution is -0.137. The summed E-state index contributed by atoms with van der Waals surface area (Å²) in [7, 11) is 0. The van der Waals surface area contributed by atoms with Crippen molar-refractivity contribution in [2.45, 2.75) is 12.7 Å². The van der Waals surface area contributed by atoms with Crippen LogP contribution in [0, 0.1) is 0 Å². The molecule has 0 aliphatic rings. The zero-order valence-electron chi connectivity index (χ0n) is 13.5. The summed E-state index contributed by atoms with van der Waals surface area (Å²) in [6.45, 7) is 0.193. The van der Waals surface area contributed by atoms with Crippen molar-refractivity contribution in [1.29, 1.82) is 0 Å². The molecule has 0 saturated carbocycles. The van der Waals surface area contributed by atoms with Gasteiger partial charge in [0.25, 0.3) is 5.91 Å². The van der Waals surface area contributed by atoms with E-state index < -0.39 is 17.6 Å². The fourth-order valence-electron chi connectivity index (χ4n) is 2.30. The van der Waals surface area contributed by atoms with E-state index in [-0.39, 0.29) is 12.4 Å². The molecule has 1 N–H and O–H groups in total.